The molecule has 29 heteroatoms. The minimum atomic E-state index is -4.59. The monoisotopic (exact) mass is 1210 g/mol. The van der Waals surface area contributed by atoms with E-state index in [1.54, 1.807) is 0 Å². The first-order chi connectivity index (χ1) is 39.0. The fraction of sp³-hybridized carbons (Fsp3) is 0.370. The number of nitrogens with one attached hydrogen (secondary N) is 2. The Morgan fingerprint density at radius 3 is 1.02 bits per heavy atom. The summed E-state index contributed by atoms with van der Waals surface area (Å²) >= 11 is 2.73. The second kappa shape index (κ2) is 26.6. The Morgan fingerprint density at radius 1 is 0.434 bits per heavy atom. The molecule has 8 aromatic rings. The van der Waals surface area contributed by atoms with Crippen LogP contribution >= 0.6 is 23.5 Å². The van der Waals surface area contributed by atoms with Gasteiger partial charge in [0.05, 0.1) is 59.2 Å². The maximum atomic E-state index is 13.5. The molecular weight excluding hydrogens is 1160 g/mol. The van der Waals surface area contributed by atoms with Crippen molar-refractivity contribution in [3.8, 4) is 0 Å². The van der Waals surface area contributed by atoms with E-state index >= 15 is 0 Å². The molecule has 6 heterocycles. The predicted molar refractivity (Wildman–Crippen MR) is 286 cm³/mol. The quantitative estimate of drug-likeness (QED) is 0.0406. The molecule has 0 radical (unpaired) electrons. The smallest absolute Gasteiger partial charge is 0.412 e. The Hall–Kier alpha value is -6.44. The average molecular weight is 1210 g/mol. The fourth-order valence-corrected chi connectivity index (χ4v) is 11.7. The topological polar surface area (TPSA) is 194 Å². The number of alkyl halides is 12. The van der Waals surface area contributed by atoms with Crippen LogP contribution in [0.3, 0.4) is 0 Å². The van der Waals surface area contributed by atoms with Crippen molar-refractivity contribution in [2.45, 2.75) is 59.0 Å². The molecule has 0 aliphatic carbocycles. The first-order valence-corrected chi connectivity index (χ1v) is 27.5. The lowest BCUT2D eigenvalue weighted by Crippen LogP contribution is -2.50. The second-order valence-electron chi connectivity index (χ2n) is 19.5. The number of imidazole rings is 2. The molecule has 4 aromatic heterocycles. The van der Waals surface area contributed by atoms with Crippen molar-refractivity contribution < 1.29 is 68.4 Å². The standard InChI is InChI=1S/2C27H26F6N6OS.H2O/c2*28-26(29,30)19-5-1-3-17(11-19)23(18-4-2-6-20(12-18)27(31,32)33)39-9-7-38(8-10-39)13-21(40)14-41-25-22-24(35-15-34-22)36-16-37-25;/h2*1-6,11-12,15-16,21,23,40H,7-10,13-14H2,(H,34,35,36,37);1H2. The van der Waals surface area contributed by atoms with Crippen molar-refractivity contribution in [1.29, 1.82) is 0 Å². The van der Waals surface area contributed by atoms with Gasteiger partial charge in [-0.2, -0.15) is 52.7 Å². The van der Waals surface area contributed by atoms with Crippen molar-refractivity contribution in [1.82, 2.24) is 59.5 Å². The maximum Gasteiger partial charge on any atom is 0.416 e. The van der Waals surface area contributed by atoms with Crippen molar-refractivity contribution >= 4 is 45.9 Å². The Kier molecular flexibility index (Phi) is 20.1. The molecule has 0 saturated carbocycles. The zero-order chi connectivity index (χ0) is 58.4. The molecule has 83 heavy (non-hydrogen) atoms. The highest BCUT2D eigenvalue weighted by molar-refractivity contribution is 7.99. The molecule has 15 nitrogen and oxygen atoms in total. The van der Waals surface area contributed by atoms with Crippen LogP contribution in [0.15, 0.2) is 132 Å². The van der Waals surface area contributed by atoms with Gasteiger partial charge in [-0.1, -0.05) is 48.5 Å². The molecular formula is C54H54F12N12O3S2. The van der Waals surface area contributed by atoms with E-state index in [4.69, 9.17) is 0 Å². The van der Waals surface area contributed by atoms with Crippen LogP contribution in [0.4, 0.5) is 52.7 Å². The van der Waals surface area contributed by atoms with E-state index in [-0.39, 0.29) is 27.7 Å². The summed E-state index contributed by atoms with van der Waals surface area (Å²) < 4.78 is 162. The summed E-state index contributed by atoms with van der Waals surface area (Å²) in [6, 6.07) is 17.3. The molecule has 0 bridgehead atoms. The molecule has 444 valence electrons. The zero-order valence-corrected chi connectivity index (χ0v) is 45.2. The van der Waals surface area contributed by atoms with Gasteiger partial charge in [-0.05, 0) is 70.8 Å². The largest absolute Gasteiger partial charge is 0.416 e. The van der Waals surface area contributed by atoms with Crippen LogP contribution in [0.2, 0.25) is 0 Å². The third-order valence-electron chi connectivity index (χ3n) is 13.8. The lowest BCUT2D eigenvalue weighted by molar-refractivity contribution is -0.138. The Morgan fingerprint density at radius 2 is 0.735 bits per heavy atom. The van der Waals surface area contributed by atoms with E-state index in [9.17, 15) is 62.9 Å². The van der Waals surface area contributed by atoms with Gasteiger partial charge in [-0.25, -0.2) is 29.9 Å². The van der Waals surface area contributed by atoms with Gasteiger partial charge < -0.3 is 25.7 Å². The second-order valence-corrected chi connectivity index (χ2v) is 21.5. The highest BCUT2D eigenvalue weighted by Crippen LogP contribution is 2.40. The number of piperazine rings is 2. The maximum absolute atomic E-state index is 13.5. The number of hydrogen-bond acceptors (Lipinski definition) is 14. The van der Waals surface area contributed by atoms with Crippen LogP contribution in [-0.2, 0) is 24.7 Å². The van der Waals surface area contributed by atoms with Gasteiger partial charge in [0, 0.05) is 77.0 Å². The Bertz CT molecular complexity index is 3050. The first kappa shape index (κ1) is 62.6. The van der Waals surface area contributed by atoms with E-state index in [0.29, 0.717) is 109 Å². The number of aliphatic hydroxyl groups is 2. The highest BCUT2D eigenvalue weighted by atomic mass is 32.2. The van der Waals surface area contributed by atoms with E-state index in [1.165, 1.54) is 97.4 Å². The fourth-order valence-electron chi connectivity index (χ4n) is 9.93. The van der Waals surface area contributed by atoms with E-state index in [0.717, 1.165) is 48.5 Å². The summed E-state index contributed by atoms with van der Waals surface area (Å²) in [7, 11) is 0. The number of β-amino-alcohol motifs (C(OH)–C–C–N with tert-alkyl or cyclic N) is 2. The number of halogens is 12. The molecule has 2 aliphatic heterocycles. The van der Waals surface area contributed by atoms with Crippen LogP contribution in [0.25, 0.3) is 22.3 Å². The predicted octanol–water partition coefficient (Wildman–Crippen LogP) is 9.68. The van der Waals surface area contributed by atoms with Crippen LogP contribution in [-0.4, -0.2) is 164 Å². The molecule has 6 N–H and O–H groups in total. The van der Waals surface area contributed by atoms with Gasteiger partial charge in [0.2, 0.25) is 0 Å². The normalized spacial score (nSPS) is 16.3. The van der Waals surface area contributed by atoms with Gasteiger partial charge in [-0.15, -0.1) is 23.5 Å². The molecule has 0 amide bonds. The van der Waals surface area contributed by atoms with Crippen molar-refractivity contribution in [3.63, 3.8) is 0 Å². The van der Waals surface area contributed by atoms with Gasteiger partial charge in [-0.3, -0.25) is 19.6 Å². The van der Waals surface area contributed by atoms with Gasteiger partial charge in [0.25, 0.3) is 0 Å². The first-order valence-electron chi connectivity index (χ1n) is 25.5. The number of nitrogens with zero attached hydrogens (tertiary/aromatic N) is 10. The number of rotatable bonds is 16. The number of benzene rings is 4. The minimum absolute atomic E-state index is 0. The third kappa shape index (κ3) is 16.1. The Balaban J connectivity index is 0.000000214. The highest BCUT2D eigenvalue weighted by Gasteiger charge is 2.38. The van der Waals surface area contributed by atoms with Crippen molar-refractivity contribution in [3.05, 3.63) is 167 Å². The molecule has 10 rings (SSSR count). The van der Waals surface area contributed by atoms with Gasteiger partial charge >= 0.3 is 24.7 Å². The van der Waals surface area contributed by atoms with E-state index in [2.05, 4.69) is 39.9 Å². The molecule has 2 atom stereocenters. The summed E-state index contributed by atoms with van der Waals surface area (Å²) in [6.45, 7) is 4.18. The Labute approximate surface area is 474 Å². The number of hydrogen-bond donors (Lipinski definition) is 4. The van der Waals surface area contributed by atoms with Crippen LogP contribution in [0.1, 0.15) is 56.6 Å². The summed E-state index contributed by atoms with van der Waals surface area (Å²) in [6.07, 6.45) is -13.9. The molecule has 2 aliphatic rings. The van der Waals surface area contributed by atoms with Crippen LogP contribution in [0.5, 0.6) is 0 Å². The molecule has 2 saturated heterocycles. The average Bonchev–Trinajstić information content (AvgIpc) is 4.28. The number of aromatic nitrogens is 8. The van der Waals surface area contributed by atoms with E-state index in [1.807, 2.05) is 19.6 Å². The zero-order valence-electron chi connectivity index (χ0n) is 43.6. The lowest BCUT2D eigenvalue weighted by atomic mass is 9.93. The summed E-state index contributed by atoms with van der Waals surface area (Å²) in [5, 5.41) is 22.7. The number of aliphatic hydroxyl groups excluding tert-OH is 2. The van der Waals surface area contributed by atoms with Crippen molar-refractivity contribution in [2.75, 3.05) is 77.0 Å². The van der Waals surface area contributed by atoms with Crippen LogP contribution in [0, 0.1) is 0 Å². The third-order valence-corrected chi connectivity index (χ3v) is 16.1. The number of fused-ring (bicyclic) bond motifs is 2. The van der Waals surface area contributed by atoms with Gasteiger partial charge in [0.15, 0.2) is 11.3 Å². The summed E-state index contributed by atoms with van der Waals surface area (Å²) in [4.78, 5) is 38.6. The molecule has 2 fully saturated rings. The van der Waals surface area contributed by atoms with Crippen molar-refractivity contribution in [2.24, 2.45) is 0 Å². The number of thioether (sulfide) groups is 2. The number of aromatic amines is 2. The molecule has 0 spiro atoms. The SMILES string of the molecule is O.OC(CSc1ncnc2nc[nH]c12)CN1CCN(C(c2cccc(C(F)(F)F)c2)c2cccc(C(F)(F)F)c2)CC1.OC(CSc1ncnc2nc[nH]c12)CN1CCN(C(c2cccc(C(F)(F)F)c2)c2cccc(C(F)(F)F)c2)CC1. The minimum Gasteiger partial charge on any atom is -0.412 e. The summed E-state index contributed by atoms with van der Waals surface area (Å²) in [5.74, 6) is 0.727. The lowest BCUT2D eigenvalue weighted by Gasteiger charge is -2.40. The molecule has 2 unspecified atom stereocenters. The van der Waals surface area contributed by atoms with E-state index < -0.39 is 71.3 Å². The summed E-state index contributed by atoms with van der Waals surface area (Å²) in [5.41, 5.74) is 0.0563. The molecule has 4 aromatic carbocycles. The number of H-pyrrole nitrogens is 2. The van der Waals surface area contributed by atoms with Crippen LogP contribution < -0.4 is 0 Å². The van der Waals surface area contributed by atoms with Gasteiger partial charge in [0.1, 0.15) is 33.7 Å².